The van der Waals surface area contributed by atoms with Crippen LogP contribution in [0.3, 0.4) is 0 Å². The Morgan fingerprint density at radius 1 is 1.17 bits per heavy atom. The normalized spacial score (nSPS) is 13.6. The Morgan fingerprint density at radius 3 is 2.33 bits per heavy atom. The first-order chi connectivity index (χ1) is 8.39. The van der Waals surface area contributed by atoms with Crippen molar-refractivity contribution in [3.8, 4) is 0 Å². The number of nitrogens with zero attached hydrogens (tertiary/aromatic N) is 2. The second-order valence-electron chi connectivity index (χ2n) is 5.55. The molecule has 0 aliphatic heterocycles. The van der Waals surface area contributed by atoms with Crippen LogP contribution in [0.2, 0.25) is 0 Å². The fourth-order valence-electron chi connectivity index (χ4n) is 1.80. The van der Waals surface area contributed by atoms with E-state index in [1.54, 1.807) is 0 Å². The van der Waals surface area contributed by atoms with Crippen LogP contribution >= 0.6 is 11.5 Å². The van der Waals surface area contributed by atoms with Gasteiger partial charge >= 0.3 is 0 Å². The van der Waals surface area contributed by atoms with Crippen molar-refractivity contribution >= 4 is 11.5 Å². The van der Waals surface area contributed by atoms with Gasteiger partial charge in [0.1, 0.15) is 6.10 Å². The molecule has 0 saturated carbocycles. The lowest BCUT2D eigenvalue weighted by molar-refractivity contribution is 0.221. The van der Waals surface area contributed by atoms with Crippen molar-refractivity contribution in [2.45, 2.75) is 39.2 Å². The Kier molecular flexibility index (Phi) is 3.50. The molecule has 0 spiro atoms. The fourth-order valence-corrected chi connectivity index (χ4v) is 2.68. The Bertz CT molecular complexity index is 525. The highest BCUT2D eigenvalue weighted by Crippen LogP contribution is 2.33. The van der Waals surface area contributed by atoms with E-state index in [-0.39, 0.29) is 5.41 Å². The summed E-state index contributed by atoms with van der Waals surface area (Å²) in [6.45, 7) is 8.27. The van der Waals surface area contributed by atoms with Crippen molar-refractivity contribution < 1.29 is 5.11 Å². The number of aliphatic hydroxyl groups excluding tert-OH is 1. The van der Waals surface area contributed by atoms with Crippen molar-refractivity contribution in [2.75, 3.05) is 0 Å². The highest BCUT2D eigenvalue weighted by Gasteiger charge is 2.26. The van der Waals surface area contributed by atoms with Crippen LogP contribution in [-0.4, -0.2) is 14.7 Å². The van der Waals surface area contributed by atoms with Gasteiger partial charge in [0.25, 0.3) is 0 Å². The van der Waals surface area contributed by atoms with E-state index >= 15 is 0 Å². The largest absolute Gasteiger partial charge is 0.383 e. The zero-order chi connectivity index (χ0) is 13.3. The summed E-state index contributed by atoms with van der Waals surface area (Å²) in [4.78, 5) is 0.839. The molecule has 4 heteroatoms. The van der Waals surface area contributed by atoms with Crippen LogP contribution in [-0.2, 0) is 5.41 Å². The van der Waals surface area contributed by atoms with Gasteiger partial charge in [-0.25, -0.2) is 0 Å². The Morgan fingerprint density at radius 2 is 1.78 bits per heavy atom. The summed E-state index contributed by atoms with van der Waals surface area (Å²) in [6.07, 6.45) is -0.639. The molecular weight excluding hydrogens is 244 g/mol. The highest BCUT2D eigenvalue weighted by atomic mass is 32.1. The number of aliphatic hydroxyl groups is 1. The number of benzene rings is 1. The van der Waals surface area contributed by atoms with Gasteiger partial charge in [-0.15, -0.1) is 5.10 Å². The number of hydrogen-bond donors (Lipinski definition) is 1. The molecule has 1 heterocycles. The lowest BCUT2D eigenvalue weighted by atomic mass is 9.89. The summed E-state index contributed by atoms with van der Waals surface area (Å²) in [5.41, 5.74) is 2.84. The molecule has 0 bridgehead atoms. The van der Waals surface area contributed by atoms with Crippen LogP contribution in [0.1, 0.15) is 48.6 Å². The molecule has 0 radical (unpaired) electrons. The molecule has 0 aliphatic rings. The molecule has 1 unspecified atom stereocenters. The van der Waals surface area contributed by atoms with E-state index in [2.05, 4.69) is 30.4 Å². The first-order valence-electron chi connectivity index (χ1n) is 5.97. The predicted octanol–water partition coefficient (Wildman–Crippen LogP) is 3.23. The monoisotopic (exact) mass is 262 g/mol. The molecule has 2 aromatic rings. The van der Waals surface area contributed by atoms with E-state index in [0.717, 1.165) is 16.1 Å². The molecule has 1 aromatic heterocycles. The third kappa shape index (κ3) is 2.60. The van der Waals surface area contributed by atoms with Gasteiger partial charge in [0.15, 0.2) is 0 Å². The summed E-state index contributed by atoms with van der Waals surface area (Å²) in [5.74, 6) is 0. The minimum Gasteiger partial charge on any atom is -0.383 e. The zero-order valence-electron chi connectivity index (χ0n) is 11.1. The zero-order valence-corrected chi connectivity index (χ0v) is 12.0. The highest BCUT2D eigenvalue weighted by molar-refractivity contribution is 7.05. The molecule has 3 nitrogen and oxygen atoms in total. The van der Waals surface area contributed by atoms with Crippen LogP contribution in [0, 0.1) is 6.92 Å². The van der Waals surface area contributed by atoms with Crippen LogP contribution in [0.5, 0.6) is 0 Å². The lowest BCUT2D eigenvalue weighted by Gasteiger charge is -2.19. The molecule has 0 amide bonds. The molecule has 0 saturated heterocycles. The number of hydrogen-bond acceptors (Lipinski definition) is 4. The molecule has 2 rings (SSSR count). The molecule has 1 aromatic carbocycles. The van der Waals surface area contributed by atoms with Crippen molar-refractivity contribution in [3.63, 3.8) is 0 Å². The van der Waals surface area contributed by atoms with Crippen molar-refractivity contribution in [1.82, 2.24) is 9.59 Å². The van der Waals surface area contributed by atoms with Gasteiger partial charge in [0, 0.05) is 5.41 Å². The molecule has 0 aliphatic carbocycles. The number of rotatable bonds is 2. The van der Waals surface area contributed by atoms with Crippen LogP contribution < -0.4 is 0 Å². The standard InChI is InChI=1S/C14H18N2OS/c1-9-5-7-10(8-6-9)11(17)12-13(14(2,3)4)15-16-18-12/h5-8,11,17H,1-4H3. The van der Waals surface area contributed by atoms with E-state index in [4.69, 9.17) is 0 Å². The second kappa shape index (κ2) is 4.78. The van der Waals surface area contributed by atoms with Gasteiger partial charge in [0.05, 0.1) is 10.6 Å². The van der Waals surface area contributed by atoms with Crippen LogP contribution in [0.25, 0.3) is 0 Å². The van der Waals surface area contributed by atoms with Crippen LogP contribution in [0.15, 0.2) is 24.3 Å². The number of aryl methyl sites for hydroxylation is 1. The third-order valence-corrected chi connectivity index (χ3v) is 3.64. The average Bonchev–Trinajstić information content (AvgIpc) is 2.77. The van der Waals surface area contributed by atoms with Gasteiger partial charge in [-0.1, -0.05) is 55.1 Å². The van der Waals surface area contributed by atoms with E-state index in [1.165, 1.54) is 17.1 Å². The molecule has 96 valence electrons. The fraction of sp³-hybridized carbons (Fsp3) is 0.429. The average molecular weight is 262 g/mol. The van der Waals surface area contributed by atoms with Crippen molar-refractivity contribution in [3.05, 3.63) is 46.0 Å². The minimum absolute atomic E-state index is 0.103. The quantitative estimate of drug-likeness (QED) is 0.904. The maximum atomic E-state index is 10.4. The smallest absolute Gasteiger partial charge is 0.117 e. The molecule has 0 fully saturated rings. The first-order valence-corrected chi connectivity index (χ1v) is 6.74. The maximum absolute atomic E-state index is 10.4. The van der Waals surface area contributed by atoms with E-state index < -0.39 is 6.10 Å². The summed E-state index contributed by atoms with van der Waals surface area (Å²) in [5, 5.41) is 14.6. The third-order valence-electron chi connectivity index (χ3n) is 2.87. The molecule has 18 heavy (non-hydrogen) atoms. The Labute approximate surface area is 112 Å². The van der Waals surface area contributed by atoms with Gasteiger partial charge in [-0.05, 0) is 24.0 Å². The first kappa shape index (κ1) is 13.2. The molecular formula is C14H18N2OS. The van der Waals surface area contributed by atoms with Crippen molar-refractivity contribution in [1.29, 1.82) is 0 Å². The molecule has 1 N–H and O–H groups in total. The minimum atomic E-state index is -0.639. The maximum Gasteiger partial charge on any atom is 0.117 e. The van der Waals surface area contributed by atoms with E-state index in [9.17, 15) is 5.11 Å². The second-order valence-corrected chi connectivity index (χ2v) is 6.33. The van der Waals surface area contributed by atoms with Gasteiger partial charge < -0.3 is 5.11 Å². The van der Waals surface area contributed by atoms with Crippen molar-refractivity contribution in [2.24, 2.45) is 0 Å². The summed E-state index contributed by atoms with van der Waals surface area (Å²) >= 11 is 1.27. The van der Waals surface area contributed by atoms with Crippen LogP contribution in [0.4, 0.5) is 0 Å². The van der Waals surface area contributed by atoms with E-state index in [1.807, 2.05) is 31.2 Å². The summed E-state index contributed by atoms with van der Waals surface area (Å²) in [6, 6.07) is 7.91. The van der Waals surface area contributed by atoms with Gasteiger partial charge in [-0.2, -0.15) is 0 Å². The van der Waals surface area contributed by atoms with Gasteiger partial charge in [0.2, 0.25) is 0 Å². The lowest BCUT2D eigenvalue weighted by Crippen LogP contribution is -2.16. The topological polar surface area (TPSA) is 46.0 Å². The Hall–Kier alpha value is -1.26. The number of aromatic nitrogens is 2. The summed E-state index contributed by atoms with van der Waals surface area (Å²) < 4.78 is 3.98. The van der Waals surface area contributed by atoms with E-state index in [0.29, 0.717) is 0 Å². The molecule has 1 atom stereocenters. The predicted molar refractivity (Wildman–Crippen MR) is 73.8 cm³/mol. The summed E-state index contributed by atoms with van der Waals surface area (Å²) in [7, 11) is 0. The van der Waals surface area contributed by atoms with Gasteiger partial charge in [-0.3, -0.25) is 0 Å². The SMILES string of the molecule is Cc1ccc(C(O)c2snnc2C(C)(C)C)cc1. The Balaban J connectivity index is 2.37.